The maximum absolute atomic E-state index is 13.9. The van der Waals surface area contributed by atoms with E-state index in [0.717, 1.165) is 5.39 Å². The van der Waals surface area contributed by atoms with Gasteiger partial charge in [0.2, 0.25) is 52.6 Å². The number of aromatic nitrogens is 3. The Morgan fingerprint density at radius 1 is 0.836 bits per heavy atom. The van der Waals surface area contributed by atoms with Gasteiger partial charge in [0.15, 0.2) is 5.82 Å². The van der Waals surface area contributed by atoms with Crippen LogP contribution in [0.4, 0.5) is 43.0 Å². The first kappa shape index (κ1) is 56.3. The lowest BCUT2D eigenvalue weighted by molar-refractivity contribution is -0.135. The van der Waals surface area contributed by atoms with Gasteiger partial charge in [0.05, 0.1) is 29.7 Å². The number of pyridine rings is 1. The van der Waals surface area contributed by atoms with Crippen LogP contribution in [0.1, 0.15) is 91.0 Å². The summed E-state index contributed by atoms with van der Waals surface area (Å²) in [4.78, 5) is 87.7. The first-order valence-corrected chi connectivity index (χ1v) is 23.4. The number of primary amides is 1. The van der Waals surface area contributed by atoms with Crippen molar-refractivity contribution in [3.8, 4) is 5.75 Å². The van der Waals surface area contributed by atoms with Crippen molar-refractivity contribution in [3.63, 3.8) is 0 Å². The second-order valence-corrected chi connectivity index (χ2v) is 18.1. The Balaban J connectivity index is 1.15. The fraction of sp³-hybridized carbons (Fsp3) is 0.429. The minimum atomic E-state index is -2.40. The molecule has 2 aromatic heterocycles. The summed E-state index contributed by atoms with van der Waals surface area (Å²) in [5.41, 5.74) is 13.0. The van der Waals surface area contributed by atoms with Gasteiger partial charge in [-0.2, -0.15) is 8.78 Å². The van der Waals surface area contributed by atoms with Crippen LogP contribution in [0.15, 0.2) is 48.5 Å². The first-order chi connectivity index (χ1) is 34.5. The lowest BCUT2D eigenvalue weighted by Gasteiger charge is -2.25. The standard InChI is InChI=1S/C49H59F5N10O9/c1-6-63(23-32-61-41-42(64(32)25-49(4,5)71)29-13-10-11-14-30(29)59-44(41)55)48(70)72-24-27-18-20-28(21-19-27)58-45(67)31(15-12-22-57-47(56)69)60-46(68)40(26(2)3)62-33(65)16-8-7-9-17-34(66)73-43-38(53)36(51)35(50)37(52)39(43)54/h10-11,13-14,18-21,26,31,40,71H,6-9,12,15-17,22-25H2,1-5H3,(H2,55,59)(H,58,67)(H,60,68)(H,62,65)(H3,56,57,69). The average molecular weight is 1030 g/mol. The van der Waals surface area contributed by atoms with Crippen LogP contribution in [0.2, 0.25) is 0 Å². The molecule has 2 heterocycles. The highest BCUT2D eigenvalue weighted by atomic mass is 19.2. The number of unbranched alkanes of at least 4 members (excludes halogenated alkanes) is 2. The van der Waals surface area contributed by atoms with E-state index in [0.29, 0.717) is 33.6 Å². The van der Waals surface area contributed by atoms with Crippen molar-refractivity contribution >= 4 is 69.3 Å². The number of ether oxygens (including phenoxy) is 2. The molecule has 6 amide bonds. The molecule has 73 heavy (non-hydrogen) atoms. The number of para-hydroxylation sites is 1. The number of urea groups is 1. The predicted molar refractivity (Wildman–Crippen MR) is 258 cm³/mol. The number of nitrogens with one attached hydrogen (secondary N) is 4. The molecule has 24 heteroatoms. The number of nitrogens with zero attached hydrogens (tertiary/aromatic N) is 4. The van der Waals surface area contributed by atoms with E-state index in [1.54, 1.807) is 58.9 Å². The summed E-state index contributed by atoms with van der Waals surface area (Å²) in [6.45, 7) is 8.81. The molecule has 19 nitrogen and oxygen atoms in total. The Labute approximate surface area is 416 Å². The number of hydrogen-bond donors (Lipinski definition) is 7. The van der Waals surface area contributed by atoms with E-state index in [2.05, 4.69) is 31.0 Å². The molecule has 0 fully saturated rings. The number of anilines is 2. The van der Waals surface area contributed by atoms with Crippen molar-refractivity contribution in [1.29, 1.82) is 0 Å². The number of nitrogens with two attached hydrogens (primary N) is 2. The van der Waals surface area contributed by atoms with Gasteiger partial charge >= 0.3 is 18.1 Å². The van der Waals surface area contributed by atoms with Crippen molar-refractivity contribution in [2.45, 2.75) is 117 Å². The minimum Gasteiger partial charge on any atom is -0.445 e. The molecule has 0 bridgehead atoms. The summed E-state index contributed by atoms with van der Waals surface area (Å²) in [5.74, 6) is -16.2. The number of carbonyl (C=O) groups is 6. The summed E-state index contributed by atoms with van der Waals surface area (Å²) < 4.78 is 79.9. The first-order valence-electron chi connectivity index (χ1n) is 23.4. The van der Waals surface area contributed by atoms with Gasteiger partial charge in [-0.1, -0.05) is 50.6 Å². The third-order valence-corrected chi connectivity index (χ3v) is 11.3. The molecule has 0 saturated heterocycles. The van der Waals surface area contributed by atoms with Crippen molar-refractivity contribution in [1.82, 2.24) is 35.4 Å². The van der Waals surface area contributed by atoms with Gasteiger partial charge in [-0.3, -0.25) is 19.2 Å². The number of benzene rings is 3. The van der Waals surface area contributed by atoms with Crippen LogP contribution in [0.5, 0.6) is 5.75 Å². The van der Waals surface area contributed by atoms with Crippen LogP contribution in [-0.2, 0) is 43.6 Å². The summed E-state index contributed by atoms with van der Waals surface area (Å²) in [5, 5.41) is 22.1. The van der Waals surface area contributed by atoms with Gasteiger partial charge in [0.1, 0.15) is 30.0 Å². The molecule has 9 N–H and O–H groups in total. The third kappa shape index (κ3) is 15.2. The van der Waals surface area contributed by atoms with E-state index in [-0.39, 0.29) is 77.1 Å². The van der Waals surface area contributed by atoms with E-state index in [1.165, 1.54) is 4.90 Å². The highest BCUT2D eigenvalue weighted by molar-refractivity contribution is 6.06. The molecular weight excluding hydrogens is 968 g/mol. The Morgan fingerprint density at radius 2 is 1.48 bits per heavy atom. The number of imidazole rings is 1. The van der Waals surface area contributed by atoms with Crippen LogP contribution in [-0.4, -0.2) is 91.1 Å². The fourth-order valence-corrected chi connectivity index (χ4v) is 7.61. The fourth-order valence-electron chi connectivity index (χ4n) is 7.61. The molecule has 3 aromatic carbocycles. The van der Waals surface area contributed by atoms with Gasteiger partial charge in [-0.05, 0) is 76.1 Å². The number of esters is 1. The Kier molecular flexibility index (Phi) is 19.4. The maximum Gasteiger partial charge on any atom is 0.410 e. The molecule has 0 saturated carbocycles. The number of hydrogen-bond acceptors (Lipinski definition) is 12. The number of carbonyl (C=O) groups excluding carboxylic acids is 6. The van der Waals surface area contributed by atoms with E-state index < -0.39 is 101 Å². The molecule has 0 aliphatic heterocycles. The van der Waals surface area contributed by atoms with Crippen LogP contribution >= 0.6 is 0 Å². The van der Waals surface area contributed by atoms with E-state index in [1.807, 2.05) is 28.8 Å². The Bertz CT molecular complexity index is 2790. The monoisotopic (exact) mass is 1030 g/mol. The second kappa shape index (κ2) is 25.2. The van der Waals surface area contributed by atoms with Crippen molar-refractivity contribution in [2.75, 3.05) is 24.1 Å². The SMILES string of the molecule is CCN(Cc1nc2c(N)nc3ccccc3c2n1CC(C)(C)O)C(=O)OCc1ccc(NC(=O)C(CCCNC(N)=O)NC(=O)C(NC(=O)CCCCCC(=O)Oc2c(F)c(F)c(F)c(F)c2F)C(C)C)cc1. The molecule has 2 unspecified atom stereocenters. The van der Waals surface area contributed by atoms with Crippen LogP contribution in [0.25, 0.3) is 21.9 Å². The quantitative estimate of drug-likeness (QED) is 0.00889. The van der Waals surface area contributed by atoms with Gasteiger partial charge in [0.25, 0.3) is 0 Å². The summed E-state index contributed by atoms with van der Waals surface area (Å²) in [7, 11) is 0. The zero-order chi connectivity index (χ0) is 53.7. The molecule has 0 aliphatic rings. The largest absolute Gasteiger partial charge is 0.445 e. The van der Waals surface area contributed by atoms with E-state index in [9.17, 15) is 55.8 Å². The highest BCUT2D eigenvalue weighted by Gasteiger charge is 2.31. The number of aliphatic hydroxyl groups is 1. The molecule has 394 valence electrons. The predicted octanol–water partition coefficient (Wildman–Crippen LogP) is 6.36. The average Bonchev–Trinajstić information content (AvgIpc) is 3.69. The van der Waals surface area contributed by atoms with Crippen LogP contribution < -0.4 is 37.5 Å². The summed E-state index contributed by atoms with van der Waals surface area (Å²) in [6.07, 6.45) is -0.581. The van der Waals surface area contributed by atoms with Crippen LogP contribution in [0.3, 0.4) is 0 Å². The number of nitrogen functional groups attached to an aromatic ring is 1. The summed E-state index contributed by atoms with van der Waals surface area (Å²) in [6, 6.07) is 10.8. The van der Waals surface area contributed by atoms with Crippen LogP contribution in [0, 0.1) is 35.0 Å². The lowest BCUT2D eigenvalue weighted by atomic mass is 10.0. The number of halogens is 5. The molecule has 5 aromatic rings. The van der Waals surface area contributed by atoms with Crippen molar-refractivity contribution in [2.24, 2.45) is 11.7 Å². The minimum absolute atomic E-state index is 0.0246. The zero-order valence-corrected chi connectivity index (χ0v) is 40.9. The molecule has 5 rings (SSSR count). The van der Waals surface area contributed by atoms with Crippen molar-refractivity contribution in [3.05, 3.63) is 89.0 Å². The highest BCUT2D eigenvalue weighted by Crippen LogP contribution is 2.32. The molecule has 2 atom stereocenters. The maximum atomic E-state index is 13.9. The third-order valence-electron chi connectivity index (χ3n) is 11.3. The zero-order valence-electron chi connectivity index (χ0n) is 40.9. The topological polar surface area (TPSA) is 275 Å². The molecule has 0 radical (unpaired) electrons. The molecule has 0 aliphatic carbocycles. The van der Waals surface area contributed by atoms with Gasteiger partial charge in [-0.15, -0.1) is 0 Å². The summed E-state index contributed by atoms with van der Waals surface area (Å²) >= 11 is 0. The van der Waals surface area contributed by atoms with Gasteiger partial charge < -0.3 is 56.8 Å². The lowest BCUT2D eigenvalue weighted by Crippen LogP contribution is -2.54. The Hall–Kier alpha value is -7.63. The molecular formula is C49H59F5N10O9. The van der Waals surface area contributed by atoms with E-state index in [4.69, 9.17) is 21.2 Å². The number of amides is 6. The number of fused-ring (bicyclic) bond motifs is 3. The van der Waals surface area contributed by atoms with Gasteiger partial charge in [0, 0.05) is 37.0 Å². The second-order valence-electron chi connectivity index (χ2n) is 18.1. The molecule has 0 spiro atoms. The Morgan fingerprint density at radius 3 is 2.11 bits per heavy atom. The smallest absolute Gasteiger partial charge is 0.410 e. The number of rotatable bonds is 24. The van der Waals surface area contributed by atoms with E-state index >= 15 is 0 Å². The van der Waals surface area contributed by atoms with Gasteiger partial charge in [-0.25, -0.2) is 32.7 Å². The normalized spacial score (nSPS) is 12.3. The van der Waals surface area contributed by atoms with Crippen molar-refractivity contribution < 1.29 is 65.3 Å².